The van der Waals surface area contributed by atoms with Crippen LogP contribution in [0.15, 0.2) is 48.7 Å². The van der Waals surface area contributed by atoms with Crippen molar-refractivity contribution in [3.8, 4) is 0 Å². The van der Waals surface area contributed by atoms with E-state index >= 15 is 0 Å². The van der Waals surface area contributed by atoms with Crippen molar-refractivity contribution in [2.75, 3.05) is 19.6 Å². The molecule has 7 heteroatoms. The van der Waals surface area contributed by atoms with E-state index in [1.54, 1.807) is 23.2 Å². The molecule has 5 nitrogen and oxygen atoms in total. The van der Waals surface area contributed by atoms with Crippen LogP contribution in [0.5, 0.6) is 0 Å². The van der Waals surface area contributed by atoms with Crippen LogP contribution in [0.1, 0.15) is 30.1 Å². The Hall–Kier alpha value is -2.96. The number of aromatic nitrogens is 2. The summed E-state index contributed by atoms with van der Waals surface area (Å²) in [5.74, 6) is -0.773. The molecule has 1 fully saturated rings. The highest BCUT2D eigenvalue weighted by Gasteiger charge is 2.30. The minimum atomic E-state index is -1.33. The van der Waals surface area contributed by atoms with E-state index < -0.39 is 12.0 Å². The van der Waals surface area contributed by atoms with Gasteiger partial charge in [-0.25, -0.2) is 13.6 Å². The second-order valence-corrected chi connectivity index (χ2v) is 7.52. The molecule has 0 spiro atoms. The molecular formula is C22H24F2N4O. The number of alkyl halides is 1. The maximum Gasteiger partial charge on any atom is 0.317 e. The van der Waals surface area contributed by atoms with E-state index in [1.807, 2.05) is 18.2 Å². The summed E-state index contributed by atoms with van der Waals surface area (Å²) in [7, 11) is 0. The van der Waals surface area contributed by atoms with E-state index in [2.05, 4.69) is 15.5 Å². The SMILES string of the molecule is O=C(NCCc1ccc2cn[nH]c2c1)N1CCC(C(F)c2ccccc2F)CC1. The Morgan fingerprint density at radius 1 is 1.24 bits per heavy atom. The van der Waals surface area contributed by atoms with Gasteiger partial charge in [-0.1, -0.05) is 30.3 Å². The first-order chi connectivity index (χ1) is 14.1. The average Bonchev–Trinajstić information content (AvgIpc) is 3.21. The third kappa shape index (κ3) is 4.39. The molecule has 3 aromatic rings. The summed E-state index contributed by atoms with van der Waals surface area (Å²) in [5.41, 5.74) is 2.21. The van der Waals surface area contributed by atoms with Gasteiger partial charge in [0.05, 0.1) is 11.7 Å². The molecule has 1 aliphatic rings. The summed E-state index contributed by atoms with van der Waals surface area (Å²) >= 11 is 0. The minimum Gasteiger partial charge on any atom is -0.338 e. The second kappa shape index (κ2) is 8.59. The number of carbonyl (C=O) groups excluding carboxylic acids is 1. The van der Waals surface area contributed by atoms with E-state index in [0.29, 0.717) is 32.5 Å². The van der Waals surface area contributed by atoms with Crippen LogP contribution >= 0.6 is 0 Å². The van der Waals surface area contributed by atoms with Gasteiger partial charge in [-0.3, -0.25) is 5.10 Å². The van der Waals surface area contributed by atoms with Gasteiger partial charge in [0.15, 0.2) is 0 Å². The second-order valence-electron chi connectivity index (χ2n) is 7.52. The van der Waals surface area contributed by atoms with Crippen LogP contribution in [-0.2, 0) is 6.42 Å². The molecule has 2 aromatic carbocycles. The molecule has 0 radical (unpaired) electrons. The molecule has 1 saturated heterocycles. The monoisotopic (exact) mass is 398 g/mol. The number of rotatable bonds is 5. The number of benzene rings is 2. The smallest absolute Gasteiger partial charge is 0.317 e. The lowest BCUT2D eigenvalue weighted by Crippen LogP contribution is -2.45. The lowest BCUT2D eigenvalue weighted by molar-refractivity contribution is 0.127. The quantitative estimate of drug-likeness (QED) is 0.670. The van der Waals surface area contributed by atoms with Gasteiger partial charge in [-0.15, -0.1) is 0 Å². The number of hydrogen-bond donors (Lipinski definition) is 2. The molecule has 2 amide bonds. The maximum atomic E-state index is 14.7. The van der Waals surface area contributed by atoms with Crippen LogP contribution in [-0.4, -0.2) is 40.8 Å². The van der Waals surface area contributed by atoms with Crippen LogP contribution in [0.3, 0.4) is 0 Å². The van der Waals surface area contributed by atoms with Crippen LogP contribution in [0.25, 0.3) is 10.9 Å². The van der Waals surface area contributed by atoms with Gasteiger partial charge >= 0.3 is 6.03 Å². The third-order valence-electron chi connectivity index (χ3n) is 5.64. The number of urea groups is 1. The molecule has 1 aliphatic heterocycles. The van der Waals surface area contributed by atoms with Crippen LogP contribution < -0.4 is 5.32 Å². The summed E-state index contributed by atoms with van der Waals surface area (Å²) in [6.45, 7) is 1.48. The van der Waals surface area contributed by atoms with Gasteiger partial charge in [0.2, 0.25) is 0 Å². The Morgan fingerprint density at radius 2 is 2.03 bits per heavy atom. The molecule has 2 heterocycles. The van der Waals surface area contributed by atoms with Gasteiger partial charge in [-0.2, -0.15) is 5.10 Å². The molecule has 0 saturated carbocycles. The van der Waals surface area contributed by atoms with Crippen molar-refractivity contribution >= 4 is 16.9 Å². The number of nitrogens with zero attached hydrogens (tertiary/aromatic N) is 2. The van der Waals surface area contributed by atoms with Crippen molar-refractivity contribution in [1.29, 1.82) is 0 Å². The van der Waals surface area contributed by atoms with Crippen molar-refractivity contribution in [2.45, 2.75) is 25.4 Å². The lowest BCUT2D eigenvalue weighted by atomic mass is 9.88. The highest BCUT2D eigenvalue weighted by Crippen LogP contribution is 2.34. The van der Waals surface area contributed by atoms with Crippen LogP contribution in [0, 0.1) is 11.7 Å². The normalized spacial score (nSPS) is 16.1. The first kappa shape index (κ1) is 19.4. The fraction of sp³-hybridized carbons (Fsp3) is 0.364. The van der Waals surface area contributed by atoms with Crippen molar-refractivity contribution in [2.24, 2.45) is 5.92 Å². The van der Waals surface area contributed by atoms with Crippen molar-refractivity contribution in [1.82, 2.24) is 20.4 Å². The Balaban J connectivity index is 1.24. The Bertz CT molecular complexity index is 982. The fourth-order valence-electron chi connectivity index (χ4n) is 3.91. The standard InChI is InChI=1S/C22H24F2N4O/c23-19-4-2-1-3-18(19)21(24)16-8-11-28(12-9-16)22(29)25-10-7-15-5-6-17-14-26-27-20(17)13-15/h1-6,13-14,16,21H,7-12H2,(H,25,29)(H,26,27). The summed E-state index contributed by atoms with van der Waals surface area (Å²) in [4.78, 5) is 14.1. The number of halogens is 2. The summed E-state index contributed by atoms with van der Waals surface area (Å²) in [6, 6.07) is 11.9. The van der Waals surface area contributed by atoms with Gasteiger partial charge in [0.25, 0.3) is 0 Å². The van der Waals surface area contributed by atoms with Gasteiger partial charge in [-0.05, 0) is 42.9 Å². The van der Waals surface area contributed by atoms with Crippen molar-refractivity contribution < 1.29 is 13.6 Å². The lowest BCUT2D eigenvalue weighted by Gasteiger charge is -2.33. The molecule has 0 bridgehead atoms. The van der Waals surface area contributed by atoms with E-state index in [-0.39, 0.29) is 17.5 Å². The number of carbonyl (C=O) groups is 1. The first-order valence-electron chi connectivity index (χ1n) is 9.95. The molecule has 152 valence electrons. The summed E-state index contributed by atoms with van der Waals surface area (Å²) in [6.07, 6.45) is 2.22. The predicted octanol–water partition coefficient (Wildman–Crippen LogP) is 4.38. The Morgan fingerprint density at radius 3 is 2.83 bits per heavy atom. The van der Waals surface area contributed by atoms with E-state index in [0.717, 1.165) is 22.9 Å². The van der Waals surface area contributed by atoms with E-state index in [4.69, 9.17) is 0 Å². The summed E-state index contributed by atoms with van der Waals surface area (Å²) in [5, 5.41) is 10.9. The number of amides is 2. The number of nitrogens with one attached hydrogen (secondary N) is 2. The number of likely N-dealkylation sites (tertiary alicyclic amines) is 1. The van der Waals surface area contributed by atoms with Crippen LogP contribution in [0.4, 0.5) is 13.6 Å². The van der Waals surface area contributed by atoms with E-state index in [1.165, 1.54) is 12.1 Å². The maximum absolute atomic E-state index is 14.7. The highest BCUT2D eigenvalue weighted by atomic mass is 19.1. The number of fused-ring (bicyclic) bond motifs is 1. The number of aromatic amines is 1. The molecular weight excluding hydrogens is 374 g/mol. The number of piperidine rings is 1. The topological polar surface area (TPSA) is 61.0 Å². The third-order valence-corrected chi connectivity index (χ3v) is 5.64. The van der Waals surface area contributed by atoms with Gasteiger partial charge in [0, 0.05) is 30.6 Å². The predicted molar refractivity (Wildman–Crippen MR) is 108 cm³/mol. The van der Waals surface area contributed by atoms with Crippen LogP contribution in [0.2, 0.25) is 0 Å². The molecule has 4 rings (SSSR count). The fourth-order valence-corrected chi connectivity index (χ4v) is 3.91. The molecule has 1 aromatic heterocycles. The van der Waals surface area contributed by atoms with E-state index in [9.17, 15) is 13.6 Å². The van der Waals surface area contributed by atoms with Crippen molar-refractivity contribution in [3.05, 3.63) is 65.6 Å². The zero-order valence-electron chi connectivity index (χ0n) is 16.1. The summed E-state index contributed by atoms with van der Waals surface area (Å²) < 4.78 is 28.5. The van der Waals surface area contributed by atoms with Crippen molar-refractivity contribution in [3.63, 3.8) is 0 Å². The largest absolute Gasteiger partial charge is 0.338 e. The molecule has 0 aliphatic carbocycles. The Labute approximate surface area is 168 Å². The zero-order chi connectivity index (χ0) is 20.2. The minimum absolute atomic E-state index is 0.115. The number of H-pyrrole nitrogens is 1. The Kier molecular flexibility index (Phi) is 5.74. The van der Waals surface area contributed by atoms with Gasteiger partial charge < -0.3 is 10.2 Å². The zero-order valence-corrected chi connectivity index (χ0v) is 16.1. The molecule has 2 N–H and O–H groups in total. The average molecular weight is 398 g/mol. The first-order valence-corrected chi connectivity index (χ1v) is 9.95. The highest BCUT2D eigenvalue weighted by molar-refractivity contribution is 5.78. The number of hydrogen-bond acceptors (Lipinski definition) is 2. The molecule has 29 heavy (non-hydrogen) atoms. The molecule has 1 atom stereocenters. The molecule has 1 unspecified atom stereocenters. The van der Waals surface area contributed by atoms with Gasteiger partial charge in [0.1, 0.15) is 12.0 Å².